The van der Waals surface area contributed by atoms with Crippen molar-refractivity contribution in [1.29, 1.82) is 0 Å². The van der Waals surface area contributed by atoms with Crippen molar-refractivity contribution in [3.8, 4) is 0 Å². The van der Waals surface area contributed by atoms with Gasteiger partial charge in [-0.25, -0.2) is 9.59 Å². The van der Waals surface area contributed by atoms with Crippen LogP contribution in [0.5, 0.6) is 0 Å². The lowest BCUT2D eigenvalue weighted by Crippen LogP contribution is -2.09. The van der Waals surface area contributed by atoms with E-state index in [2.05, 4.69) is 17.4 Å². The van der Waals surface area contributed by atoms with Gasteiger partial charge in [-0.3, -0.25) is 0 Å². The molecule has 0 atom stereocenters. The van der Waals surface area contributed by atoms with Crippen molar-refractivity contribution < 1.29 is 19.8 Å². The monoisotopic (exact) mass is 239 g/mol. The Morgan fingerprint density at radius 1 is 1.12 bits per heavy atom. The van der Waals surface area contributed by atoms with Gasteiger partial charge in [-0.2, -0.15) is 0 Å². The van der Waals surface area contributed by atoms with Crippen molar-refractivity contribution in [2.45, 2.75) is 4.90 Å². The van der Waals surface area contributed by atoms with Crippen LogP contribution in [0.15, 0.2) is 40.8 Å². The number of hydrogen-bond acceptors (Lipinski definition) is 4. The molecule has 0 aromatic heterocycles. The van der Waals surface area contributed by atoms with Gasteiger partial charge in [0.1, 0.15) is 0 Å². The Labute approximate surface area is 95.8 Å². The molecule has 0 aliphatic carbocycles. The zero-order valence-corrected chi connectivity index (χ0v) is 8.90. The molecular formula is C10H9NO4S. The summed E-state index contributed by atoms with van der Waals surface area (Å²) in [6, 6.07) is 8.26. The number of thioether (sulfide) groups is 1. The van der Waals surface area contributed by atoms with Gasteiger partial charge in [-0.05, 0) is 17.5 Å². The van der Waals surface area contributed by atoms with Crippen molar-refractivity contribution in [1.82, 2.24) is 0 Å². The lowest BCUT2D eigenvalue weighted by Gasteiger charge is -2.10. The number of carboxylic acids is 2. The molecule has 1 heterocycles. The maximum Gasteiger partial charge on any atom is 0.414 e. The van der Waals surface area contributed by atoms with Crippen molar-refractivity contribution in [2.24, 2.45) is 0 Å². The molecule has 0 bridgehead atoms. The molecule has 1 aliphatic heterocycles. The standard InChI is InChI=1S/C8H7NS.C2H2O4/c1-2-4-8-7(3-1)9-5-6-10-8;3-1(4)2(5)6/h1-6,9H;(H,3,4)(H,5,6). The fraction of sp³-hybridized carbons (Fsp3) is 0. The Morgan fingerprint density at radius 2 is 1.75 bits per heavy atom. The first-order chi connectivity index (χ1) is 7.61. The number of para-hydroxylation sites is 1. The maximum atomic E-state index is 9.10. The zero-order chi connectivity index (χ0) is 12.0. The Kier molecular flexibility index (Phi) is 4.41. The van der Waals surface area contributed by atoms with Gasteiger partial charge in [-0.1, -0.05) is 23.9 Å². The highest BCUT2D eigenvalue weighted by atomic mass is 32.2. The molecule has 0 amide bonds. The number of aliphatic carboxylic acids is 2. The first-order valence-electron chi connectivity index (χ1n) is 4.24. The van der Waals surface area contributed by atoms with E-state index in [-0.39, 0.29) is 0 Å². The van der Waals surface area contributed by atoms with E-state index in [1.807, 2.05) is 23.7 Å². The molecule has 2 rings (SSSR count). The Hall–Kier alpha value is -1.95. The minimum Gasteiger partial charge on any atom is -0.473 e. The highest BCUT2D eigenvalue weighted by Crippen LogP contribution is 2.30. The van der Waals surface area contributed by atoms with Gasteiger partial charge in [0, 0.05) is 11.1 Å². The van der Waals surface area contributed by atoms with Crippen molar-refractivity contribution in [3.63, 3.8) is 0 Å². The first kappa shape index (κ1) is 12.1. The smallest absolute Gasteiger partial charge is 0.414 e. The van der Waals surface area contributed by atoms with Gasteiger partial charge in [0.05, 0.1) is 5.69 Å². The molecule has 0 radical (unpaired) electrons. The van der Waals surface area contributed by atoms with E-state index in [0.29, 0.717) is 0 Å². The topological polar surface area (TPSA) is 86.6 Å². The molecule has 1 aromatic carbocycles. The summed E-state index contributed by atoms with van der Waals surface area (Å²) in [7, 11) is 0. The van der Waals surface area contributed by atoms with Crippen LogP contribution in [-0.2, 0) is 9.59 Å². The molecule has 0 saturated carbocycles. The fourth-order valence-electron chi connectivity index (χ4n) is 0.920. The summed E-state index contributed by atoms with van der Waals surface area (Å²) in [6.45, 7) is 0. The molecule has 0 spiro atoms. The van der Waals surface area contributed by atoms with E-state index in [1.54, 1.807) is 11.8 Å². The third-order valence-corrected chi connectivity index (χ3v) is 2.45. The summed E-state index contributed by atoms with van der Waals surface area (Å²) in [6.07, 6.45) is 1.95. The number of benzene rings is 1. The van der Waals surface area contributed by atoms with Crippen LogP contribution in [0.2, 0.25) is 0 Å². The zero-order valence-electron chi connectivity index (χ0n) is 8.08. The molecule has 84 valence electrons. The van der Waals surface area contributed by atoms with Crippen LogP contribution < -0.4 is 5.32 Å². The Bertz CT molecular complexity index is 392. The normalized spacial score (nSPS) is 11.5. The van der Waals surface area contributed by atoms with E-state index < -0.39 is 11.9 Å². The number of carboxylic acid groups (broad SMARTS) is 2. The van der Waals surface area contributed by atoms with E-state index in [1.165, 1.54) is 10.6 Å². The van der Waals surface area contributed by atoms with E-state index in [0.717, 1.165) is 0 Å². The second-order valence-corrected chi connectivity index (χ2v) is 3.62. The number of hydrogen-bond donors (Lipinski definition) is 3. The minimum atomic E-state index is -1.82. The summed E-state index contributed by atoms with van der Waals surface area (Å²) >= 11 is 1.75. The molecular weight excluding hydrogens is 230 g/mol. The minimum absolute atomic E-state index is 1.20. The van der Waals surface area contributed by atoms with E-state index in [9.17, 15) is 0 Å². The van der Waals surface area contributed by atoms with Gasteiger partial charge in [-0.15, -0.1) is 0 Å². The molecule has 16 heavy (non-hydrogen) atoms. The van der Waals surface area contributed by atoms with Gasteiger partial charge in [0.2, 0.25) is 0 Å². The van der Waals surface area contributed by atoms with Crippen LogP contribution in [0, 0.1) is 0 Å². The van der Waals surface area contributed by atoms with Crippen LogP contribution in [0.25, 0.3) is 0 Å². The first-order valence-corrected chi connectivity index (χ1v) is 5.12. The van der Waals surface area contributed by atoms with Gasteiger partial charge in [0.15, 0.2) is 0 Å². The van der Waals surface area contributed by atoms with Crippen molar-refractivity contribution >= 4 is 29.4 Å². The third kappa shape index (κ3) is 3.66. The molecule has 0 fully saturated rings. The van der Waals surface area contributed by atoms with Crippen LogP contribution in [0.3, 0.4) is 0 Å². The van der Waals surface area contributed by atoms with Gasteiger partial charge in [0.25, 0.3) is 0 Å². The molecule has 0 saturated heterocycles. The highest BCUT2D eigenvalue weighted by molar-refractivity contribution is 8.02. The van der Waals surface area contributed by atoms with Crippen LogP contribution in [-0.4, -0.2) is 22.2 Å². The fourth-order valence-corrected chi connectivity index (χ4v) is 1.61. The average molecular weight is 239 g/mol. The predicted octanol–water partition coefficient (Wildman–Crippen LogP) is 1.83. The van der Waals surface area contributed by atoms with Crippen molar-refractivity contribution in [2.75, 3.05) is 5.32 Å². The number of carbonyl (C=O) groups is 2. The summed E-state index contributed by atoms with van der Waals surface area (Å²) < 4.78 is 0. The SMILES string of the molecule is C1=CSc2ccccc2N1.O=C(O)C(=O)O. The molecule has 6 heteroatoms. The Morgan fingerprint density at radius 3 is 2.31 bits per heavy atom. The lowest BCUT2D eigenvalue weighted by molar-refractivity contribution is -0.159. The highest BCUT2D eigenvalue weighted by Gasteiger charge is 2.04. The number of anilines is 1. The Balaban J connectivity index is 0.000000187. The molecule has 3 N–H and O–H groups in total. The summed E-state index contributed by atoms with van der Waals surface area (Å²) in [5.74, 6) is -3.65. The van der Waals surface area contributed by atoms with Gasteiger partial charge < -0.3 is 15.5 Å². The maximum absolute atomic E-state index is 9.10. The largest absolute Gasteiger partial charge is 0.473 e. The molecule has 5 nitrogen and oxygen atoms in total. The molecule has 0 unspecified atom stereocenters. The predicted molar refractivity (Wildman–Crippen MR) is 60.3 cm³/mol. The van der Waals surface area contributed by atoms with Crippen molar-refractivity contribution in [3.05, 3.63) is 35.9 Å². The van der Waals surface area contributed by atoms with Gasteiger partial charge >= 0.3 is 11.9 Å². The van der Waals surface area contributed by atoms with E-state index >= 15 is 0 Å². The summed E-state index contributed by atoms with van der Waals surface area (Å²) in [5.41, 5.74) is 1.20. The molecule has 1 aromatic rings. The van der Waals surface area contributed by atoms with Crippen LogP contribution in [0.1, 0.15) is 0 Å². The van der Waals surface area contributed by atoms with E-state index in [4.69, 9.17) is 19.8 Å². The average Bonchev–Trinajstić information content (AvgIpc) is 2.30. The second kappa shape index (κ2) is 5.82. The quantitative estimate of drug-likeness (QED) is 0.599. The van der Waals surface area contributed by atoms with Crippen LogP contribution in [0.4, 0.5) is 5.69 Å². The molecule has 1 aliphatic rings. The summed E-state index contributed by atoms with van der Waals surface area (Å²) in [5, 5.41) is 20.0. The summed E-state index contributed by atoms with van der Waals surface area (Å²) in [4.78, 5) is 19.5. The second-order valence-electron chi connectivity index (χ2n) is 2.67. The van der Waals surface area contributed by atoms with Crippen LogP contribution >= 0.6 is 11.8 Å². The number of nitrogens with one attached hydrogen (secondary N) is 1. The lowest BCUT2D eigenvalue weighted by atomic mass is 10.3. The third-order valence-electron chi connectivity index (χ3n) is 1.57. The number of rotatable bonds is 0. The number of fused-ring (bicyclic) bond motifs is 1.